The SMILES string of the molecule is COc1ccc2c(c1)CCC1C2CC[C@@](C)(C(C)=O)C1C. The van der Waals surface area contributed by atoms with E-state index in [1.54, 1.807) is 14.0 Å². The third-order valence-electron chi connectivity index (χ3n) is 6.44. The smallest absolute Gasteiger partial charge is 0.135 e. The fraction of sp³-hybridized carbons (Fsp3) is 0.632. The predicted molar refractivity (Wildman–Crippen MR) is 84.7 cm³/mol. The Kier molecular flexibility index (Phi) is 3.59. The molecule has 1 aromatic carbocycles. The topological polar surface area (TPSA) is 26.3 Å². The number of carbonyl (C=O) groups is 1. The Balaban J connectivity index is 1.93. The Morgan fingerprint density at radius 3 is 2.76 bits per heavy atom. The van der Waals surface area contributed by atoms with Crippen molar-refractivity contribution >= 4 is 5.78 Å². The van der Waals surface area contributed by atoms with Crippen LogP contribution in [0.1, 0.15) is 57.1 Å². The molecule has 0 heterocycles. The number of rotatable bonds is 2. The van der Waals surface area contributed by atoms with Crippen LogP contribution in [-0.2, 0) is 11.2 Å². The lowest BCUT2D eigenvalue weighted by atomic mass is 9.54. The molecule has 4 atom stereocenters. The van der Waals surface area contributed by atoms with E-state index in [0.29, 0.717) is 23.5 Å². The number of ether oxygens (including phenoxy) is 1. The van der Waals surface area contributed by atoms with Crippen molar-refractivity contribution in [1.29, 1.82) is 0 Å². The van der Waals surface area contributed by atoms with E-state index in [4.69, 9.17) is 4.74 Å². The summed E-state index contributed by atoms with van der Waals surface area (Å²) in [5.74, 6) is 3.08. The summed E-state index contributed by atoms with van der Waals surface area (Å²) >= 11 is 0. The Hall–Kier alpha value is -1.31. The largest absolute Gasteiger partial charge is 0.497 e. The molecule has 3 rings (SSSR count). The van der Waals surface area contributed by atoms with Crippen molar-refractivity contribution in [2.24, 2.45) is 17.3 Å². The van der Waals surface area contributed by atoms with Crippen LogP contribution in [-0.4, -0.2) is 12.9 Å². The zero-order chi connectivity index (χ0) is 15.2. The summed E-state index contributed by atoms with van der Waals surface area (Å²) < 4.78 is 5.36. The van der Waals surface area contributed by atoms with E-state index in [9.17, 15) is 4.79 Å². The fourth-order valence-corrected chi connectivity index (χ4v) is 4.66. The first-order valence-electron chi connectivity index (χ1n) is 8.15. The highest BCUT2D eigenvalue weighted by Gasteiger charge is 2.48. The van der Waals surface area contributed by atoms with Gasteiger partial charge in [-0.2, -0.15) is 0 Å². The number of Topliss-reactive ketones (excluding diaryl/α,β-unsaturated/α-hetero) is 1. The summed E-state index contributed by atoms with van der Waals surface area (Å²) in [5.41, 5.74) is 2.84. The van der Waals surface area contributed by atoms with Crippen LogP contribution in [0.25, 0.3) is 0 Å². The van der Waals surface area contributed by atoms with Crippen LogP contribution in [0.5, 0.6) is 5.75 Å². The van der Waals surface area contributed by atoms with Crippen molar-refractivity contribution in [3.05, 3.63) is 29.3 Å². The average Bonchev–Trinajstić information content (AvgIpc) is 2.49. The zero-order valence-electron chi connectivity index (χ0n) is 13.6. The van der Waals surface area contributed by atoms with E-state index in [2.05, 4.69) is 32.0 Å². The van der Waals surface area contributed by atoms with Gasteiger partial charge >= 0.3 is 0 Å². The molecule has 0 bridgehead atoms. The predicted octanol–water partition coefficient (Wildman–Crippen LogP) is 4.37. The number of benzene rings is 1. The number of fused-ring (bicyclic) bond motifs is 3. The van der Waals surface area contributed by atoms with Crippen molar-refractivity contribution in [2.45, 2.75) is 52.4 Å². The normalized spacial score (nSPS) is 34.8. The maximum Gasteiger partial charge on any atom is 0.135 e. The van der Waals surface area contributed by atoms with Crippen LogP contribution >= 0.6 is 0 Å². The zero-order valence-corrected chi connectivity index (χ0v) is 13.6. The third-order valence-corrected chi connectivity index (χ3v) is 6.44. The fourth-order valence-electron chi connectivity index (χ4n) is 4.66. The van der Waals surface area contributed by atoms with Gasteiger partial charge in [-0.05, 0) is 73.6 Å². The number of carbonyl (C=O) groups excluding carboxylic acids is 1. The van der Waals surface area contributed by atoms with Gasteiger partial charge in [-0.1, -0.05) is 19.9 Å². The minimum Gasteiger partial charge on any atom is -0.497 e. The molecule has 1 fully saturated rings. The monoisotopic (exact) mass is 286 g/mol. The van der Waals surface area contributed by atoms with E-state index in [1.807, 2.05) is 0 Å². The minimum absolute atomic E-state index is 0.120. The molecular formula is C19H26O2. The lowest BCUT2D eigenvalue weighted by Crippen LogP contribution is -2.44. The molecule has 2 nitrogen and oxygen atoms in total. The van der Waals surface area contributed by atoms with Crippen molar-refractivity contribution in [3.8, 4) is 5.75 Å². The molecule has 21 heavy (non-hydrogen) atoms. The Morgan fingerprint density at radius 2 is 2.10 bits per heavy atom. The van der Waals surface area contributed by atoms with E-state index in [0.717, 1.165) is 25.0 Å². The first kappa shape index (κ1) is 14.6. The summed E-state index contributed by atoms with van der Waals surface area (Å²) in [5, 5.41) is 0. The molecule has 3 unspecified atom stereocenters. The average molecular weight is 286 g/mol. The van der Waals surface area contributed by atoms with E-state index < -0.39 is 0 Å². The van der Waals surface area contributed by atoms with Gasteiger partial charge in [0.25, 0.3) is 0 Å². The minimum atomic E-state index is -0.120. The van der Waals surface area contributed by atoms with Crippen molar-refractivity contribution in [3.63, 3.8) is 0 Å². The first-order chi connectivity index (χ1) is 9.97. The standard InChI is InChI=1S/C19H26O2/c1-12-16-7-5-14-11-15(21-4)6-8-17(14)18(16)9-10-19(12,3)13(2)20/h6,8,11-12,16,18H,5,7,9-10H2,1-4H3/t12?,16?,18?,19-/m1/s1. The highest BCUT2D eigenvalue weighted by atomic mass is 16.5. The molecule has 0 spiro atoms. The van der Waals surface area contributed by atoms with Crippen LogP contribution in [0.2, 0.25) is 0 Å². The van der Waals surface area contributed by atoms with Gasteiger partial charge < -0.3 is 4.74 Å². The summed E-state index contributed by atoms with van der Waals surface area (Å²) in [7, 11) is 1.73. The quantitative estimate of drug-likeness (QED) is 0.807. The second kappa shape index (κ2) is 5.15. The Morgan fingerprint density at radius 1 is 1.33 bits per heavy atom. The molecule has 114 valence electrons. The van der Waals surface area contributed by atoms with Gasteiger partial charge in [-0.15, -0.1) is 0 Å². The van der Waals surface area contributed by atoms with E-state index >= 15 is 0 Å². The highest BCUT2D eigenvalue weighted by Crippen LogP contribution is 2.54. The highest BCUT2D eigenvalue weighted by molar-refractivity contribution is 5.82. The molecule has 0 aliphatic heterocycles. The second-order valence-corrected chi connectivity index (χ2v) is 7.17. The van der Waals surface area contributed by atoms with Crippen LogP contribution in [0, 0.1) is 17.3 Å². The van der Waals surface area contributed by atoms with Crippen LogP contribution < -0.4 is 4.74 Å². The Bertz CT molecular complexity index is 563. The first-order valence-corrected chi connectivity index (χ1v) is 8.15. The molecule has 2 heteroatoms. The lowest BCUT2D eigenvalue weighted by Gasteiger charge is -2.49. The number of methoxy groups -OCH3 is 1. The van der Waals surface area contributed by atoms with Gasteiger partial charge in [-0.25, -0.2) is 0 Å². The van der Waals surface area contributed by atoms with Crippen molar-refractivity contribution < 1.29 is 9.53 Å². The van der Waals surface area contributed by atoms with Crippen LogP contribution in [0.4, 0.5) is 0 Å². The molecule has 0 saturated heterocycles. The third kappa shape index (κ3) is 2.20. The molecule has 2 aliphatic carbocycles. The van der Waals surface area contributed by atoms with Gasteiger partial charge in [0, 0.05) is 5.41 Å². The van der Waals surface area contributed by atoms with Crippen molar-refractivity contribution in [2.75, 3.05) is 7.11 Å². The molecule has 2 aliphatic rings. The Labute approximate surface area is 127 Å². The van der Waals surface area contributed by atoms with Gasteiger partial charge in [0.2, 0.25) is 0 Å². The van der Waals surface area contributed by atoms with Crippen LogP contribution in [0.15, 0.2) is 18.2 Å². The van der Waals surface area contributed by atoms with E-state index in [-0.39, 0.29) is 5.41 Å². The molecule has 1 aromatic rings. The lowest BCUT2D eigenvalue weighted by molar-refractivity contribution is -0.132. The summed E-state index contributed by atoms with van der Waals surface area (Å²) in [4.78, 5) is 12.1. The molecule has 0 N–H and O–H groups in total. The number of hydrogen-bond donors (Lipinski definition) is 0. The number of aryl methyl sites for hydroxylation is 1. The maximum absolute atomic E-state index is 12.1. The van der Waals surface area contributed by atoms with Gasteiger partial charge in [0.15, 0.2) is 0 Å². The molecule has 0 radical (unpaired) electrons. The summed E-state index contributed by atoms with van der Waals surface area (Å²) in [6.07, 6.45) is 4.49. The van der Waals surface area contributed by atoms with Crippen LogP contribution in [0.3, 0.4) is 0 Å². The molecule has 0 amide bonds. The van der Waals surface area contributed by atoms with Gasteiger partial charge in [0.05, 0.1) is 7.11 Å². The van der Waals surface area contributed by atoms with Gasteiger partial charge in [0.1, 0.15) is 11.5 Å². The van der Waals surface area contributed by atoms with E-state index in [1.165, 1.54) is 17.5 Å². The molecule has 0 aromatic heterocycles. The second-order valence-electron chi connectivity index (χ2n) is 7.17. The van der Waals surface area contributed by atoms with Crippen molar-refractivity contribution in [1.82, 2.24) is 0 Å². The summed E-state index contributed by atoms with van der Waals surface area (Å²) in [6.45, 7) is 6.25. The number of hydrogen-bond acceptors (Lipinski definition) is 2. The molecule has 1 saturated carbocycles. The maximum atomic E-state index is 12.1. The number of ketones is 1. The van der Waals surface area contributed by atoms with Gasteiger partial charge in [-0.3, -0.25) is 4.79 Å². The summed E-state index contributed by atoms with van der Waals surface area (Å²) in [6, 6.07) is 6.55. The molecular weight excluding hydrogens is 260 g/mol.